The molecule has 9 heteroatoms. The van der Waals surface area contributed by atoms with Crippen LogP contribution in [0.1, 0.15) is 6.42 Å². The molecule has 0 amide bonds. The fourth-order valence-electron chi connectivity index (χ4n) is 1.31. The third-order valence-electron chi connectivity index (χ3n) is 2.17. The SMILES string of the molecule is CN(C)CCCNc1nc(NN)ncc1[N+](=O)[O-]. The molecule has 1 rings (SSSR count). The summed E-state index contributed by atoms with van der Waals surface area (Å²) in [5, 5.41) is 13.7. The van der Waals surface area contributed by atoms with Crippen molar-refractivity contribution in [3.05, 3.63) is 16.3 Å². The molecule has 0 atom stereocenters. The zero-order chi connectivity index (χ0) is 13.5. The van der Waals surface area contributed by atoms with Crippen molar-refractivity contribution >= 4 is 17.5 Å². The number of anilines is 2. The number of rotatable bonds is 7. The minimum absolute atomic E-state index is 0.135. The summed E-state index contributed by atoms with van der Waals surface area (Å²) in [6.07, 6.45) is 1.97. The third kappa shape index (κ3) is 4.11. The van der Waals surface area contributed by atoms with Crippen molar-refractivity contribution in [2.75, 3.05) is 37.9 Å². The monoisotopic (exact) mass is 255 g/mol. The van der Waals surface area contributed by atoms with Gasteiger partial charge in [-0.15, -0.1) is 0 Å². The Morgan fingerprint density at radius 3 is 2.83 bits per heavy atom. The summed E-state index contributed by atoms with van der Waals surface area (Å²) in [5.41, 5.74) is 2.08. The molecular weight excluding hydrogens is 238 g/mol. The number of nitrogens with two attached hydrogens (primary N) is 1. The van der Waals surface area contributed by atoms with Gasteiger partial charge in [0.2, 0.25) is 11.8 Å². The first-order chi connectivity index (χ1) is 8.54. The lowest BCUT2D eigenvalue weighted by Gasteiger charge is -2.10. The van der Waals surface area contributed by atoms with Gasteiger partial charge in [0.15, 0.2) is 0 Å². The second kappa shape index (κ2) is 6.67. The van der Waals surface area contributed by atoms with E-state index in [1.54, 1.807) is 0 Å². The van der Waals surface area contributed by atoms with E-state index in [-0.39, 0.29) is 17.5 Å². The first-order valence-corrected chi connectivity index (χ1v) is 5.41. The van der Waals surface area contributed by atoms with Crippen LogP contribution in [0.5, 0.6) is 0 Å². The molecule has 0 saturated heterocycles. The quantitative estimate of drug-likeness (QED) is 0.270. The largest absolute Gasteiger partial charge is 0.364 e. The first kappa shape index (κ1) is 14.1. The van der Waals surface area contributed by atoms with E-state index in [1.165, 1.54) is 0 Å². The average Bonchev–Trinajstić information content (AvgIpc) is 2.33. The van der Waals surface area contributed by atoms with Crippen molar-refractivity contribution < 1.29 is 4.92 Å². The molecule has 0 unspecified atom stereocenters. The van der Waals surface area contributed by atoms with Crippen LogP contribution >= 0.6 is 0 Å². The molecule has 0 fully saturated rings. The minimum atomic E-state index is -0.533. The van der Waals surface area contributed by atoms with Crippen LogP contribution < -0.4 is 16.6 Å². The summed E-state index contributed by atoms with van der Waals surface area (Å²) < 4.78 is 0. The first-order valence-electron chi connectivity index (χ1n) is 5.41. The molecule has 0 aromatic carbocycles. The highest BCUT2D eigenvalue weighted by molar-refractivity contribution is 5.56. The smallest absolute Gasteiger partial charge is 0.329 e. The Morgan fingerprint density at radius 2 is 2.28 bits per heavy atom. The Morgan fingerprint density at radius 1 is 1.56 bits per heavy atom. The number of aromatic nitrogens is 2. The van der Waals surface area contributed by atoms with E-state index >= 15 is 0 Å². The number of hydrazine groups is 1. The normalized spacial score (nSPS) is 10.4. The molecule has 0 radical (unpaired) electrons. The van der Waals surface area contributed by atoms with E-state index in [2.05, 4.69) is 20.7 Å². The van der Waals surface area contributed by atoms with E-state index < -0.39 is 4.92 Å². The Balaban J connectivity index is 2.69. The van der Waals surface area contributed by atoms with E-state index in [9.17, 15) is 10.1 Å². The van der Waals surface area contributed by atoms with Gasteiger partial charge >= 0.3 is 5.69 Å². The predicted molar refractivity (Wildman–Crippen MR) is 68.2 cm³/mol. The zero-order valence-corrected chi connectivity index (χ0v) is 10.4. The highest BCUT2D eigenvalue weighted by Crippen LogP contribution is 2.21. The second-order valence-electron chi connectivity index (χ2n) is 3.91. The van der Waals surface area contributed by atoms with Crippen LogP contribution in [-0.4, -0.2) is 47.0 Å². The summed E-state index contributed by atoms with van der Waals surface area (Å²) in [4.78, 5) is 19.9. The van der Waals surface area contributed by atoms with Crippen LogP contribution in [0.25, 0.3) is 0 Å². The molecule has 1 heterocycles. The maximum Gasteiger partial charge on any atom is 0.329 e. The van der Waals surface area contributed by atoms with Crippen molar-refractivity contribution in [2.45, 2.75) is 6.42 Å². The number of nitrogens with one attached hydrogen (secondary N) is 2. The van der Waals surface area contributed by atoms with Gasteiger partial charge in [-0.05, 0) is 27.1 Å². The van der Waals surface area contributed by atoms with Gasteiger partial charge in [0.25, 0.3) is 0 Å². The number of hydrogen-bond donors (Lipinski definition) is 3. The topological polar surface area (TPSA) is 122 Å². The summed E-state index contributed by atoms with van der Waals surface area (Å²) >= 11 is 0. The van der Waals surface area contributed by atoms with Gasteiger partial charge in [-0.25, -0.2) is 10.8 Å². The van der Waals surface area contributed by atoms with Crippen molar-refractivity contribution in [2.24, 2.45) is 5.84 Å². The van der Waals surface area contributed by atoms with Crippen LogP contribution in [-0.2, 0) is 0 Å². The number of nitrogen functional groups attached to an aromatic ring is 1. The van der Waals surface area contributed by atoms with Crippen LogP contribution in [0, 0.1) is 10.1 Å². The third-order valence-corrected chi connectivity index (χ3v) is 2.17. The highest BCUT2D eigenvalue weighted by atomic mass is 16.6. The lowest BCUT2D eigenvalue weighted by Crippen LogP contribution is -2.18. The summed E-state index contributed by atoms with van der Waals surface area (Å²) in [6.45, 7) is 1.47. The maximum atomic E-state index is 10.8. The van der Waals surface area contributed by atoms with E-state index in [1.807, 2.05) is 19.0 Å². The molecule has 0 aliphatic carbocycles. The van der Waals surface area contributed by atoms with E-state index in [4.69, 9.17) is 5.84 Å². The Kier molecular flexibility index (Phi) is 5.21. The van der Waals surface area contributed by atoms with Crippen LogP contribution in [0.3, 0.4) is 0 Å². The number of hydrogen-bond acceptors (Lipinski definition) is 8. The summed E-state index contributed by atoms with van der Waals surface area (Å²) in [6, 6.07) is 0. The van der Waals surface area contributed by atoms with Crippen molar-refractivity contribution in [3.63, 3.8) is 0 Å². The molecule has 0 spiro atoms. The summed E-state index contributed by atoms with van der Waals surface area (Å²) in [5.74, 6) is 5.46. The van der Waals surface area contributed by atoms with E-state index in [0.717, 1.165) is 19.2 Å². The molecule has 0 aliphatic heterocycles. The fourth-order valence-corrected chi connectivity index (χ4v) is 1.31. The molecule has 1 aromatic rings. The Hall–Kier alpha value is -2.00. The van der Waals surface area contributed by atoms with Gasteiger partial charge in [0, 0.05) is 6.54 Å². The van der Waals surface area contributed by atoms with Gasteiger partial charge in [0.1, 0.15) is 6.20 Å². The maximum absolute atomic E-state index is 10.8. The van der Waals surface area contributed by atoms with Crippen LogP contribution in [0.4, 0.5) is 17.5 Å². The Labute approximate surface area is 105 Å². The predicted octanol–water partition coefficient (Wildman–Crippen LogP) is 0.0340. The number of nitro groups is 1. The van der Waals surface area contributed by atoms with Gasteiger partial charge in [-0.3, -0.25) is 15.5 Å². The van der Waals surface area contributed by atoms with E-state index in [0.29, 0.717) is 6.54 Å². The van der Waals surface area contributed by atoms with Gasteiger partial charge in [-0.2, -0.15) is 4.98 Å². The van der Waals surface area contributed by atoms with Gasteiger partial charge in [-0.1, -0.05) is 0 Å². The lowest BCUT2D eigenvalue weighted by molar-refractivity contribution is -0.384. The minimum Gasteiger partial charge on any atom is -0.364 e. The van der Waals surface area contributed by atoms with Gasteiger partial charge < -0.3 is 10.2 Å². The Bertz CT molecular complexity index is 410. The van der Waals surface area contributed by atoms with Crippen LogP contribution in [0.15, 0.2) is 6.20 Å². The van der Waals surface area contributed by atoms with Crippen molar-refractivity contribution in [3.8, 4) is 0 Å². The molecule has 0 aliphatic rings. The lowest BCUT2D eigenvalue weighted by atomic mass is 10.4. The molecule has 0 saturated carbocycles. The van der Waals surface area contributed by atoms with Crippen molar-refractivity contribution in [1.82, 2.24) is 14.9 Å². The molecule has 1 aromatic heterocycles. The number of nitrogens with zero attached hydrogens (tertiary/aromatic N) is 4. The van der Waals surface area contributed by atoms with Gasteiger partial charge in [0.05, 0.1) is 4.92 Å². The molecular formula is C9H17N7O2. The fraction of sp³-hybridized carbons (Fsp3) is 0.556. The molecule has 18 heavy (non-hydrogen) atoms. The van der Waals surface area contributed by atoms with Crippen molar-refractivity contribution in [1.29, 1.82) is 0 Å². The molecule has 4 N–H and O–H groups in total. The average molecular weight is 255 g/mol. The second-order valence-corrected chi connectivity index (χ2v) is 3.91. The van der Waals surface area contributed by atoms with Crippen LogP contribution in [0.2, 0.25) is 0 Å². The zero-order valence-electron chi connectivity index (χ0n) is 10.4. The summed E-state index contributed by atoms with van der Waals surface area (Å²) in [7, 11) is 3.92. The molecule has 0 bridgehead atoms. The standard InChI is InChI=1S/C9H17N7O2/c1-15(2)5-3-4-11-8-7(16(17)18)6-12-9(13-8)14-10/h6H,3-5,10H2,1-2H3,(H2,11,12,13,14). The molecule has 9 nitrogen and oxygen atoms in total. The molecule has 100 valence electrons. The highest BCUT2D eigenvalue weighted by Gasteiger charge is 2.16.